The Morgan fingerprint density at radius 1 is 0.871 bits per heavy atom. The highest BCUT2D eigenvalue weighted by Crippen LogP contribution is 2.40. The second-order valence-corrected chi connectivity index (χ2v) is 20.5. The molecule has 1 aliphatic carbocycles. The van der Waals surface area contributed by atoms with Crippen LogP contribution in [0, 0.1) is 35.5 Å². The van der Waals surface area contributed by atoms with E-state index in [1.807, 2.05) is 51.2 Å². The molecule has 3 aliphatic heterocycles. The molecule has 1 saturated carbocycles. The number of fused-ring (bicyclic) bond motifs is 3. The number of methoxy groups -OCH3 is 3. The van der Waals surface area contributed by atoms with E-state index in [0.717, 1.165) is 23.3 Å². The Morgan fingerprint density at radius 3 is 2.29 bits per heavy atom. The zero-order valence-corrected chi connectivity index (χ0v) is 42.8. The molecule has 2 bridgehead atoms. The summed E-state index contributed by atoms with van der Waals surface area (Å²) in [7, 11) is 4.56. The monoisotopic (exact) mass is 982 g/mol. The summed E-state index contributed by atoms with van der Waals surface area (Å²) >= 11 is 0. The molecule has 0 radical (unpaired) electrons. The lowest BCUT2D eigenvalue weighted by atomic mass is 9.77. The van der Waals surface area contributed by atoms with E-state index in [-0.39, 0.29) is 61.2 Å². The van der Waals surface area contributed by atoms with E-state index in [0.29, 0.717) is 44.1 Å². The molecule has 1 aromatic heterocycles. The van der Waals surface area contributed by atoms with Gasteiger partial charge in [0.15, 0.2) is 5.78 Å². The number of ketones is 3. The minimum Gasteiger partial charge on any atom is -0.460 e. The SMILES string of the molecule is CO[C@H]1C[C@@H]2CC[C@@H](C)[C@@](O)(O2)C(=O)C(=O)N2C(O)CCC[C@H]2C(=O)O[C@H]([C@H](C)C[C@@H]2CCC(n3cnnn3)[C@H](OC)C2)CC(=O)[C@H](C)/C=C(\C)[C@@H](O)[C@@H](OC)C(=O)[C@H](C)C[C@H](C)/C=C/C=C/C=C/1C. The van der Waals surface area contributed by atoms with Crippen LogP contribution in [-0.2, 0) is 47.7 Å². The molecule has 0 spiro atoms. The van der Waals surface area contributed by atoms with Crippen LogP contribution >= 0.6 is 0 Å². The smallest absolute Gasteiger partial charge is 0.329 e. The van der Waals surface area contributed by atoms with E-state index in [1.54, 1.807) is 59.0 Å². The molecule has 18 nitrogen and oxygen atoms in total. The number of allylic oxidation sites excluding steroid dienone is 6. The first kappa shape index (κ1) is 56.6. The summed E-state index contributed by atoms with van der Waals surface area (Å²) in [6.07, 6.45) is 10.6. The molecule has 4 heterocycles. The summed E-state index contributed by atoms with van der Waals surface area (Å²) in [6, 6.07) is -1.49. The van der Waals surface area contributed by atoms with Crippen LogP contribution in [0.25, 0.3) is 0 Å². The number of carbonyl (C=O) groups excluding carboxylic acids is 5. The number of rotatable bonds is 7. The van der Waals surface area contributed by atoms with Gasteiger partial charge in [0.05, 0.1) is 24.4 Å². The van der Waals surface area contributed by atoms with E-state index < -0.39 is 89.9 Å². The van der Waals surface area contributed by atoms with Gasteiger partial charge in [0.25, 0.3) is 11.7 Å². The number of ether oxygens (including phenoxy) is 5. The molecular formula is C52H79N5O13. The number of hydrogen-bond acceptors (Lipinski definition) is 16. The molecule has 2 unspecified atom stereocenters. The Kier molecular flexibility index (Phi) is 20.9. The fraction of sp³-hybridized carbons (Fsp3) is 0.731. The molecule has 2 saturated heterocycles. The fourth-order valence-corrected chi connectivity index (χ4v) is 10.8. The number of aliphatic hydroxyl groups excluding tert-OH is 2. The first-order valence-corrected chi connectivity index (χ1v) is 25.1. The number of hydrogen-bond donors (Lipinski definition) is 3. The summed E-state index contributed by atoms with van der Waals surface area (Å²) < 4.78 is 31.4. The Hall–Kier alpha value is -4.30. The third-order valence-electron chi connectivity index (χ3n) is 15.3. The van der Waals surface area contributed by atoms with Crippen LogP contribution in [0.4, 0.5) is 0 Å². The van der Waals surface area contributed by atoms with Crippen molar-refractivity contribution in [2.45, 2.75) is 186 Å². The summed E-state index contributed by atoms with van der Waals surface area (Å²) in [5.41, 5.74) is 1.21. The van der Waals surface area contributed by atoms with Gasteiger partial charge in [-0.25, -0.2) is 9.48 Å². The lowest BCUT2D eigenvalue weighted by molar-refractivity contribution is -0.266. The van der Waals surface area contributed by atoms with Crippen molar-refractivity contribution in [2.24, 2.45) is 35.5 Å². The number of Topliss-reactive ketones (excluding diaryl/α,β-unsaturated/α-hetero) is 3. The average molecular weight is 982 g/mol. The topological polar surface area (TPSA) is 239 Å². The maximum atomic E-state index is 14.5. The number of aliphatic hydroxyl groups is 3. The van der Waals surface area contributed by atoms with E-state index in [1.165, 1.54) is 7.11 Å². The molecule has 5 rings (SSSR count). The number of tetrazole rings is 1. The standard InChI is InChI=1S/C52H79N5O13/c1-30-15-12-11-13-16-31(2)42(66-8)27-38-21-19-36(7)52(65,70-38)49(62)50(63)57-40(17-14-18-45(57)59)51(64)69-43(33(4)25-37-20-22-39(44(26-37)67-9)56-29-53-54-55-56)28-41(58)32(3)24-35(6)47(61)48(68-10)46(60)34(5)23-30/h11-13,15-16,24,29-30,32-34,36-40,42-45,47-48,59,61,65H,14,17-23,25-28H2,1-10H3/b13-11+,15-12+,31-16+,35-24+/t30-,32-,33-,34-,36-,37+,38+,39?,40+,42+,43+,44-,45?,47-,48+,52-/m1/s1. The lowest BCUT2D eigenvalue weighted by Gasteiger charge is -2.43. The Morgan fingerprint density at radius 2 is 1.61 bits per heavy atom. The molecule has 70 heavy (non-hydrogen) atoms. The van der Waals surface area contributed by atoms with Crippen molar-refractivity contribution in [1.29, 1.82) is 0 Å². The molecule has 1 amide bonds. The van der Waals surface area contributed by atoms with Crippen molar-refractivity contribution in [3.63, 3.8) is 0 Å². The Labute approximate surface area is 413 Å². The number of aromatic nitrogens is 4. The van der Waals surface area contributed by atoms with Crippen LogP contribution < -0.4 is 0 Å². The molecular weight excluding hydrogens is 903 g/mol. The van der Waals surface area contributed by atoms with Crippen molar-refractivity contribution in [3.8, 4) is 0 Å². The van der Waals surface area contributed by atoms with Gasteiger partial charge in [-0.3, -0.25) is 24.1 Å². The van der Waals surface area contributed by atoms with Crippen LogP contribution in [-0.4, -0.2) is 146 Å². The second kappa shape index (κ2) is 25.9. The first-order valence-electron chi connectivity index (χ1n) is 25.1. The maximum Gasteiger partial charge on any atom is 0.329 e. The van der Waals surface area contributed by atoms with Crippen LogP contribution in [0.3, 0.4) is 0 Å². The van der Waals surface area contributed by atoms with Gasteiger partial charge in [-0.2, -0.15) is 0 Å². The maximum absolute atomic E-state index is 14.5. The minimum absolute atomic E-state index is 0.00150. The predicted molar refractivity (Wildman–Crippen MR) is 257 cm³/mol. The van der Waals surface area contributed by atoms with Gasteiger partial charge in [-0.15, -0.1) is 5.10 Å². The van der Waals surface area contributed by atoms with Gasteiger partial charge in [-0.05, 0) is 117 Å². The zero-order valence-electron chi connectivity index (χ0n) is 42.8. The lowest BCUT2D eigenvalue weighted by Crippen LogP contribution is -2.62. The van der Waals surface area contributed by atoms with Crippen molar-refractivity contribution < 1.29 is 63.0 Å². The van der Waals surface area contributed by atoms with Crippen LogP contribution in [0.15, 0.2) is 53.9 Å². The number of amides is 1. The van der Waals surface area contributed by atoms with Crippen LogP contribution in [0.5, 0.6) is 0 Å². The molecule has 18 heteroatoms. The summed E-state index contributed by atoms with van der Waals surface area (Å²) in [4.78, 5) is 72.0. The van der Waals surface area contributed by atoms with E-state index in [4.69, 9.17) is 23.7 Å². The normalized spacial score (nSPS) is 39.4. The number of nitrogens with zero attached hydrogens (tertiary/aromatic N) is 5. The average Bonchev–Trinajstić information content (AvgIpc) is 3.88. The largest absolute Gasteiger partial charge is 0.460 e. The van der Waals surface area contributed by atoms with Crippen molar-refractivity contribution in [1.82, 2.24) is 25.1 Å². The number of piperidine rings is 1. The predicted octanol–water partition coefficient (Wildman–Crippen LogP) is 5.37. The molecule has 1 aromatic rings. The van der Waals surface area contributed by atoms with Gasteiger partial charge in [-0.1, -0.05) is 71.1 Å². The quantitative estimate of drug-likeness (QED) is 0.177. The van der Waals surface area contributed by atoms with Crippen LogP contribution in [0.2, 0.25) is 0 Å². The molecule has 390 valence electrons. The van der Waals surface area contributed by atoms with Gasteiger partial charge in [0, 0.05) is 51.9 Å². The molecule has 0 aromatic carbocycles. The van der Waals surface area contributed by atoms with Crippen molar-refractivity contribution in [3.05, 3.63) is 53.9 Å². The Balaban J connectivity index is 1.48. The summed E-state index contributed by atoms with van der Waals surface area (Å²) in [5.74, 6) is -8.97. The summed E-state index contributed by atoms with van der Waals surface area (Å²) in [5, 5.41) is 46.5. The minimum atomic E-state index is -2.56. The van der Waals surface area contributed by atoms with Gasteiger partial charge in [0.1, 0.15) is 42.7 Å². The third kappa shape index (κ3) is 14.0. The third-order valence-corrected chi connectivity index (χ3v) is 15.3. The molecule has 16 atom stereocenters. The van der Waals surface area contributed by atoms with E-state index in [2.05, 4.69) is 15.5 Å². The second-order valence-electron chi connectivity index (χ2n) is 20.5. The number of esters is 1. The molecule has 3 N–H and O–H groups in total. The number of carbonyl (C=O) groups is 5. The highest BCUT2D eigenvalue weighted by atomic mass is 16.6. The highest BCUT2D eigenvalue weighted by molar-refractivity contribution is 6.39. The van der Waals surface area contributed by atoms with Gasteiger partial charge >= 0.3 is 5.97 Å². The molecule has 4 aliphatic rings. The summed E-state index contributed by atoms with van der Waals surface area (Å²) in [6.45, 7) is 12.5. The van der Waals surface area contributed by atoms with Crippen molar-refractivity contribution >= 4 is 29.2 Å². The zero-order chi connectivity index (χ0) is 51.4. The van der Waals surface area contributed by atoms with Gasteiger partial charge in [0.2, 0.25) is 5.79 Å². The molecule has 3 fully saturated rings. The fourth-order valence-electron chi connectivity index (χ4n) is 10.8. The first-order chi connectivity index (χ1) is 33.2. The van der Waals surface area contributed by atoms with Gasteiger partial charge < -0.3 is 39.0 Å². The highest BCUT2D eigenvalue weighted by Gasteiger charge is 2.54. The van der Waals surface area contributed by atoms with E-state index >= 15 is 0 Å². The number of cyclic esters (lactones) is 1. The van der Waals surface area contributed by atoms with Crippen LogP contribution in [0.1, 0.15) is 132 Å². The Bertz CT molecular complexity index is 2060. The van der Waals surface area contributed by atoms with E-state index in [9.17, 15) is 39.3 Å². The van der Waals surface area contributed by atoms with Crippen molar-refractivity contribution in [2.75, 3.05) is 21.3 Å².